The summed E-state index contributed by atoms with van der Waals surface area (Å²) in [5, 5.41) is 13.7. The highest BCUT2D eigenvalue weighted by molar-refractivity contribution is 7.22. The van der Waals surface area contributed by atoms with Gasteiger partial charge in [0.25, 0.3) is 0 Å². The van der Waals surface area contributed by atoms with Gasteiger partial charge in [-0.05, 0) is 30.5 Å². The Kier molecular flexibility index (Phi) is 4.37. The molecule has 1 aliphatic carbocycles. The summed E-state index contributed by atoms with van der Waals surface area (Å²) in [6.07, 6.45) is 2.31. The minimum absolute atomic E-state index is 0.0332. The number of pyridine rings is 1. The number of nitrogens with zero attached hydrogens (tertiary/aromatic N) is 2. The molecule has 3 aromatic rings. The van der Waals surface area contributed by atoms with Crippen LogP contribution in [0.3, 0.4) is 0 Å². The average molecular weight is 394 g/mol. The molecule has 0 spiro atoms. The molecule has 25 heavy (non-hydrogen) atoms. The maximum atomic E-state index is 12.3. The molecule has 128 valence electrons. The Morgan fingerprint density at radius 1 is 1.32 bits per heavy atom. The van der Waals surface area contributed by atoms with E-state index in [0.29, 0.717) is 32.9 Å². The van der Waals surface area contributed by atoms with Gasteiger partial charge < -0.3 is 10.4 Å². The summed E-state index contributed by atoms with van der Waals surface area (Å²) >= 11 is 13.9. The number of aromatic nitrogens is 2. The zero-order chi connectivity index (χ0) is 17.6. The molecule has 1 aromatic carbocycles. The Morgan fingerprint density at radius 3 is 2.76 bits per heavy atom. The molecule has 1 fully saturated rings. The van der Waals surface area contributed by atoms with E-state index in [0.717, 1.165) is 10.2 Å². The summed E-state index contributed by atoms with van der Waals surface area (Å²) in [6.45, 7) is 0.0332. The van der Waals surface area contributed by atoms with Gasteiger partial charge in [0.15, 0.2) is 5.82 Å². The zero-order valence-corrected chi connectivity index (χ0v) is 15.2. The van der Waals surface area contributed by atoms with Gasteiger partial charge in [0.2, 0.25) is 5.91 Å². The Hall–Kier alpha value is -1.73. The molecule has 0 saturated heterocycles. The SMILES string of the molecule is O=C(Nc1nccc2nc(-c3c(Cl)cccc3Cl)sc12)C1C[C@H]1CO. The number of carbonyl (C=O) groups excluding carboxylic acids is 1. The highest BCUT2D eigenvalue weighted by atomic mass is 35.5. The van der Waals surface area contributed by atoms with E-state index in [4.69, 9.17) is 28.3 Å². The number of benzene rings is 1. The normalized spacial score (nSPS) is 19.2. The number of aliphatic hydroxyl groups is 1. The Labute approximate surface area is 157 Å². The van der Waals surface area contributed by atoms with E-state index in [2.05, 4.69) is 15.3 Å². The van der Waals surface area contributed by atoms with Crippen molar-refractivity contribution in [2.75, 3.05) is 11.9 Å². The minimum Gasteiger partial charge on any atom is -0.396 e. The van der Waals surface area contributed by atoms with Crippen LogP contribution in [0.25, 0.3) is 20.8 Å². The van der Waals surface area contributed by atoms with Gasteiger partial charge in [-0.1, -0.05) is 29.3 Å². The summed E-state index contributed by atoms with van der Waals surface area (Å²) in [4.78, 5) is 21.1. The highest BCUT2D eigenvalue weighted by Crippen LogP contribution is 2.42. The molecule has 1 saturated carbocycles. The van der Waals surface area contributed by atoms with Gasteiger partial charge >= 0.3 is 0 Å². The van der Waals surface area contributed by atoms with Crippen molar-refractivity contribution < 1.29 is 9.90 Å². The Balaban J connectivity index is 1.71. The molecule has 0 aliphatic heterocycles. The smallest absolute Gasteiger partial charge is 0.229 e. The number of fused-ring (bicyclic) bond motifs is 1. The molecule has 1 amide bonds. The van der Waals surface area contributed by atoms with Crippen LogP contribution in [-0.4, -0.2) is 27.6 Å². The highest BCUT2D eigenvalue weighted by Gasteiger charge is 2.42. The lowest BCUT2D eigenvalue weighted by molar-refractivity contribution is -0.117. The van der Waals surface area contributed by atoms with Crippen molar-refractivity contribution in [2.45, 2.75) is 6.42 Å². The van der Waals surface area contributed by atoms with Crippen molar-refractivity contribution in [3.8, 4) is 10.6 Å². The first kappa shape index (κ1) is 16.7. The molecule has 1 aliphatic rings. The predicted molar refractivity (Wildman–Crippen MR) is 100 cm³/mol. The fraction of sp³-hybridized carbons (Fsp3) is 0.235. The third-order valence-corrected chi connectivity index (χ3v) is 5.94. The van der Waals surface area contributed by atoms with Gasteiger partial charge in [-0.3, -0.25) is 4.79 Å². The molecule has 2 atom stereocenters. The van der Waals surface area contributed by atoms with Crippen molar-refractivity contribution >= 4 is 56.5 Å². The van der Waals surface area contributed by atoms with Crippen molar-refractivity contribution in [2.24, 2.45) is 11.8 Å². The van der Waals surface area contributed by atoms with Crippen LogP contribution in [0.4, 0.5) is 5.82 Å². The number of anilines is 1. The predicted octanol–water partition coefficient (Wildman–Crippen LogP) is 4.23. The van der Waals surface area contributed by atoms with Crippen LogP contribution in [0.5, 0.6) is 0 Å². The third kappa shape index (κ3) is 3.11. The van der Waals surface area contributed by atoms with Crippen LogP contribution in [0.15, 0.2) is 30.5 Å². The summed E-state index contributed by atoms with van der Waals surface area (Å²) in [5.41, 5.74) is 1.39. The van der Waals surface area contributed by atoms with Crippen molar-refractivity contribution in [1.82, 2.24) is 9.97 Å². The van der Waals surface area contributed by atoms with Crippen molar-refractivity contribution in [3.63, 3.8) is 0 Å². The second-order valence-corrected chi connectivity index (χ2v) is 7.71. The second kappa shape index (κ2) is 6.53. The van der Waals surface area contributed by atoms with E-state index in [1.807, 2.05) is 0 Å². The first-order valence-corrected chi connectivity index (χ1v) is 9.27. The van der Waals surface area contributed by atoms with E-state index >= 15 is 0 Å². The molecule has 0 radical (unpaired) electrons. The lowest BCUT2D eigenvalue weighted by Gasteiger charge is -2.04. The fourth-order valence-corrected chi connectivity index (χ4v) is 4.50. The molecule has 0 bridgehead atoms. The monoisotopic (exact) mass is 393 g/mol. The lowest BCUT2D eigenvalue weighted by atomic mass is 10.2. The summed E-state index contributed by atoms with van der Waals surface area (Å²) in [5.74, 6) is 0.258. The minimum atomic E-state index is -0.146. The number of rotatable bonds is 4. The number of hydrogen-bond acceptors (Lipinski definition) is 5. The quantitative estimate of drug-likeness (QED) is 0.695. The topological polar surface area (TPSA) is 75.1 Å². The van der Waals surface area contributed by atoms with Crippen LogP contribution in [-0.2, 0) is 4.79 Å². The van der Waals surface area contributed by atoms with Gasteiger partial charge in [-0.25, -0.2) is 9.97 Å². The van der Waals surface area contributed by atoms with Crippen molar-refractivity contribution in [1.29, 1.82) is 0 Å². The van der Waals surface area contributed by atoms with E-state index in [9.17, 15) is 4.79 Å². The lowest BCUT2D eigenvalue weighted by Crippen LogP contribution is -2.16. The molecule has 2 aromatic heterocycles. The van der Waals surface area contributed by atoms with Crippen molar-refractivity contribution in [3.05, 3.63) is 40.5 Å². The summed E-state index contributed by atoms with van der Waals surface area (Å²) in [6, 6.07) is 7.08. The third-order valence-electron chi connectivity index (χ3n) is 4.22. The van der Waals surface area contributed by atoms with E-state index < -0.39 is 0 Å². The number of thiazole rings is 1. The molecule has 4 rings (SSSR count). The van der Waals surface area contributed by atoms with Crippen LogP contribution < -0.4 is 5.32 Å². The number of amides is 1. The van der Waals surface area contributed by atoms with Gasteiger partial charge in [-0.15, -0.1) is 11.3 Å². The van der Waals surface area contributed by atoms with Gasteiger partial charge in [-0.2, -0.15) is 0 Å². The molecular formula is C17H13Cl2N3O2S. The molecule has 5 nitrogen and oxygen atoms in total. The maximum Gasteiger partial charge on any atom is 0.229 e. The zero-order valence-electron chi connectivity index (χ0n) is 12.9. The van der Waals surface area contributed by atoms with Crippen LogP contribution in [0, 0.1) is 11.8 Å². The fourth-order valence-electron chi connectivity index (χ4n) is 2.73. The summed E-state index contributed by atoms with van der Waals surface area (Å²) in [7, 11) is 0. The number of aliphatic hydroxyl groups excluding tert-OH is 1. The largest absolute Gasteiger partial charge is 0.396 e. The number of halogens is 2. The van der Waals surface area contributed by atoms with E-state index in [-0.39, 0.29) is 24.3 Å². The first-order chi connectivity index (χ1) is 12.1. The molecular weight excluding hydrogens is 381 g/mol. The number of carbonyl (C=O) groups is 1. The van der Waals surface area contributed by atoms with E-state index in [1.54, 1.807) is 30.5 Å². The number of nitrogens with one attached hydrogen (secondary N) is 1. The Bertz CT molecular complexity index is 955. The summed E-state index contributed by atoms with van der Waals surface area (Å²) < 4.78 is 0.767. The molecule has 1 unspecified atom stereocenters. The van der Waals surface area contributed by atoms with Crippen LogP contribution >= 0.6 is 34.5 Å². The number of hydrogen-bond donors (Lipinski definition) is 2. The van der Waals surface area contributed by atoms with Crippen LogP contribution in [0.2, 0.25) is 10.0 Å². The van der Waals surface area contributed by atoms with E-state index in [1.165, 1.54) is 11.3 Å². The Morgan fingerprint density at radius 2 is 2.08 bits per heavy atom. The maximum absolute atomic E-state index is 12.3. The molecule has 8 heteroatoms. The van der Waals surface area contributed by atoms with Gasteiger partial charge in [0.05, 0.1) is 20.3 Å². The molecule has 2 N–H and O–H groups in total. The van der Waals surface area contributed by atoms with Gasteiger partial charge in [0, 0.05) is 24.3 Å². The second-order valence-electron chi connectivity index (χ2n) is 5.90. The standard InChI is InChI=1S/C17H13Cl2N3O2S/c18-10-2-1-3-11(19)13(10)17-21-12-4-5-20-15(14(12)25-17)22-16(24)9-6-8(9)7-23/h1-5,8-9,23H,6-7H2,(H,20,22,24)/t8-,9?/m0/s1. The molecule has 2 heterocycles. The first-order valence-electron chi connectivity index (χ1n) is 7.70. The van der Waals surface area contributed by atoms with Gasteiger partial charge in [0.1, 0.15) is 5.01 Å². The average Bonchev–Trinajstić information content (AvgIpc) is 3.26. The van der Waals surface area contributed by atoms with Crippen LogP contribution in [0.1, 0.15) is 6.42 Å².